The van der Waals surface area contributed by atoms with Crippen LogP contribution in [0.5, 0.6) is 0 Å². The summed E-state index contributed by atoms with van der Waals surface area (Å²) < 4.78 is 6.20. The van der Waals surface area contributed by atoms with Crippen molar-refractivity contribution < 1.29 is 4.74 Å². The zero-order chi connectivity index (χ0) is 14.1. The van der Waals surface area contributed by atoms with E-state index >= 15 is 0 Å². The van der Waals surface area contributed by atoms with Gasteiger partial charge in [0.25, 0.3) is 0 Å². The number of ether oxygens (including phenoxy) is 1. The summed E-state index contributed by atoms with van der Waals surface area (Å²) in [5, 5.41) is 0. The summed E-state index contributed by atoms with van der Waals surface area (Å²) in [6.07, 6.45) is 9.46. The van der Waals surface area contributed by atoms with Crippen LogP contribution in [0.15, 0.2) is 43.0 Å². The van der Waals surface area contributed by atoms with E-state index in [1.54, 1.807) is 12.4 Å². The third-order valence-corrected chi connectivity index (χ3v) is 4.52. The Morgan fingerprint density at radius 1 is 1.19 bits per heavy atom. The highest BCUT2D eigenvalue weighted by molar-refractivity contribution is 5.33. The van der Waals surface area contributed by atoms with Gasteiger partial charge in [-0.25, -0.2) is 9.97 Å². The number of rotatable bonds is 2. The molecule has 0 aromatic carbocycles. The lowest BCUT2D eigenvalue weighted by Crippen LogP contribution is -2.33. The minimum Gasteiger partial charge on any atom is -0.372 e. The molecule has 0 amide bonds. The molecule has 2 fully saturated rings. The molecule has 1 spiro atoms. The largest absolute Gasteiger partial charge is 0.372 e. The molecule has 2 aliphatic rings. The van der Waals surface area contributed by atoms with E-state index in [0.717, 1.165) is 38.5 Å². The van der Waals surface area contributed by atoms with Gasteiger partial charge in [0, 0.05) is 43.8 Å². The van der Waals surface area contributed by atoms with E-state index in [2.05, 4.69) is 25.9 Å². The number of nitrogens with zero attached hydrogens (tertiary/aromatic N) is 4. The van der Waals surface area contributed by atoms with Crippen molar-refractivity contribution in [2.45, 2.75) is 24.4 Å². The predicted molar refractivity (Wildman–Crippen MR) is 79.1 cm³/mol. The second-order valence-corrected chi connectivity index (χ2v) is 5.90. The van der Waals surface area contributed by atoms with Gasteiger partial charge in [0.2, 0.25) is 5.95 Å². The molecule has 5 nitrogen and oxygen atoms in total. The highest BCUT2D eigenvalue weighted by Crippen LogP contribution is 2.42. The van der Waals surface area contributed by atoms with E-state index in [4.69, 9.17) is 4.74 Å². The minimum absolute atomic E-state index is 0.0420. The highest BCUT2D eigenvalue weighted by atomic mass is 16.5. The highest BCUT2D eigenvalue weighted by Gasteiger charge is 2.46. The van der Waals surface area contributed by atoms with Crippen LogP contribution in [0.3, 0.4) is 0 Å². The Bertz CT molecular complexity index is 549. The second kappa shape index (κ2) is 5.07. The van der Waals surface area contributed by atoms with Crippen molar-refractivity contribution in [2.75, 3.05) is 24.6 Å². The number of hydrogen-bond donors (Lipinski definition) is 0. The van der Waals surface area contributed by atoms with Crippen molar-refractivity contribution in [2.24, 2.45) is 0 Å². The maximum Gasteiger partial charge on any atom is 0.225 e. The van der Waals surface area contributed by atoms with Crippen molar-refractivity contribution in [3.05, 3.63) is 48.5 Å². The molecule has 0 radical (unpaired) electrons. The first kappa shape index (κ1) is 12.7. The first-order valence-electron chi connectivity index (χ1n) is 7.41. The van der Waals surface area contributed by atoms with E-state index in [0.29, 0.717) is 5.92 Å². The van der Waals surface area contributed by atoms with Crippen LogP contribution in [0.1, 0.15) is 24.3 Å². The van der Waals surface area contributed by atoms with Crippen LogP contribution in [0.25, 0.3) is 0 Å². The lowest BCUT2D eigenvalue weighted by Gasteiger charge is -2.23. The Balaban J connectivity index is 1.48. The molecule has 4 rings (SSSR count). The fraction of sp³-hybridized carbons (Fsp3) is 0.438. The molecule has 2 aromatic heterocycles. The van der Waals surface area contributed by atoms with E-state index in [-0.39, 0.29) is 5.60 Å². The third-order valence-electron chi connectivity index (χ3n) is 4.52. The van der Waals surface area contributed by atoms with Crippen molar-refractivity contribution in [1.82, 2.24) is 15.0 Å². The first-order chi connectivity index (χ1) is 10.3. The molecular weight excluding hydrogens is 264 g/mol. The van der Waals surface area contributed by atoms with Crippen molar-refractivity contribution in [3.63, 3.8) is 0 Å². The molecule has 5 heteroatoms. The van der Waals surface area contributed by atoms with Crippen LogP contribution in [0, 0.1) is 0 Å². The minimum atomic E-state index is -0.0420. The Hall–Kier alpha value is -2.01. The standard InChI is InChI=1S/C16H18N4O/c1-3-13(10-17-5-1)14-9-16(21-11-14)4-8-20(12-16)15-18-6-2-7-19-15/h1-3,5-7,10,14H,4,8-9,11-12H2. The van der Waals surface area contributed by atoms with Gasteiger partial charge in [0.15, 0.2) is 0 Å². The number of aromatic nitrogens is 3. The number of pyridine rings is 1. The molecule has 2 aromatic rings. The van der Waals surface area contributed by atoms with Gasteiger partial charge in [0.1, 0.15) is 0 Å². The quantitative estimate of drug-likeness (QED) is 0.843. The topological polar surface area (TPSA) is 51.1 Å². The van der Waals surface area contributed by atoms with Gasteiger partial charge in [-0.05, 0) is 30.5 Å². The van der Waals surface area contributed by atoms with Crippen molar-refractivity contribution in [3.8, 4) is 0 Å². The predicted octanol–water partition coefficient (Wildman–Crippen LogP) is 2.02. The Labute approximate surface area is 124 Å². The summed E-state index contributed by atoms with van der Waals surface area (Å²) in [6.45, 7) is 2.63. The van der Waals surface area contributed by atoms with Crippen molar-refractivity contribution in [1.29, 1.82) is 0 Å². The van der Waals surface area contributed by atoms with Crippen LogP contribution < -0.4 is 4.90 Å². The summed E-state index contributed by atoms with van der Waals surface area (Å²) in [6, 6.07) is 5.99. The Kier molecular flexibility index (Phi) is 3.07. The van der Waals surface area contributed by atoms with Crippen LogP contribution in [-0.2, 0) is 4.74 Å². The van der Waals surface area contributed by atoms with Gasteiger partial charge < -0.3 is 9.64 Å². The molecule has 2 atom stereocenters. The Morgan fingerprint density at radius 3 is 2.90 bits per heavy atom. The summed E-state index contributed by atoms with van der Waals surface area (Å²) in [5.41, 5.74) is 1.24. The number of anilines is 1. The fourth-order valence-electron chi connectivity index (χ4n) is 3.43. The second-order valence-electron chi connectivity index (χ2n) is 5.90. The molecule has 2 aliphatic heterocycles. The van der Waals surface area contributed by atoms with E-state index in [9.17, 15) is 0 Å². The van der Waals surface area contributed by atoms with Crippen LogP contribution >= 0.6 is 0 Å². The van der Waals surface area contributed by atoms with Crippen molar-refractivity contribution >= 4 is 5.95 Å². The molecule has 21 heavy (non-hydrogen) atoms. The fourth-order valence-corrected chi connectivity index (χ4v) is 3.43. The van der Waals surface area contributed by atoms with E-state index in [1.165, 1.54) is 5.56 Å². The smallest absolute Gasteiger partial charge is 0.225 e. The average molecular weight is 282 g/mol. The summed E-state index contributed by atoms with van der Waals surface area (Å²) >= 11 is 0. The van der Waals surface area contributed by atoms with Crippen LogP contribution in [0.4, 0.5) is 5.95 Å². The average Bonchev–Trinajstić information content (AvgIpc) is 3.17. The Morgan fingerprint density at radius 2 is 2.10 bits per heavy atom. The first-order valence-corrected chi connectivity index (χ1v) is 7.41. The van der Waals surface area contributed by atoms with E-state index in [1.807, 2.05) is 24.5 Å². The molecule has 108 valence electrons. The lowest BCUT2D eigenvalue weighted by molar-refractivity contribution is 0.0226. The van der Waals surface area contributed by atoms with Gasteiger partial charge in [-0.15, -0.1) is 0 Å². The molecular formula is C16H18N4O. The molecule has 4 heterocycles. The lowest BCUT2D eigenvalue weighted by atomic mass is 9.90. The summed E-state index contributed by atoms with van der Waals surface area (Å²) in [4.78, 5) is 15.1. The SMILES string of the molecule is c1cnc(N2CCC3(CC(c4cccnc4)CO3)C2)nc1. The zero-order valence-corrected chi connectivity index (χ0v) is 11.9. The molecule has 0 aliphatic carbocycles. The molecule has 0 saturated carbocycles. The monoisotopic (exact) mass is 282 g/mol. The maximum absolute atomic E-state index is 6.20. The third kappa shape index (κ3) is 2.38. The molecule has 2 unspecified atom stereocenters. The van der Waals surface area contributed by atoms with Gasteiger partial charge in [0.05, 0.1) is 12.2 Å². The number of hydrogen-bond acceptors (Lipinski definition) is 5. The molecule has 0 bridgehead atoms. The van der Waals surface area contributed by atoms with Gasteiger partial charge in [-0.3, -0.25) is 4.98 Å². The van der Waals surface area contributed by atoms with Gasteiger partial charge >= 0.3 is 0 Å². The molecule has 0 N–H and O–H groups in total. The van der Waals surface area contributed by atoms with Gasteiger partial charge in [-0.1, -0.05) is 6.07 Å². The zero-order valence-electron chi connectivity index (χ0n) is 11.9. The van der Waals surface area contributed by atoms with Crippen LogP contribution in [0.2, 0.25) is 0 Å². The van der Waals surface area contributed by atoms with Crippen LogP contribution in [-0.4, -0.2) is 40.2 Å². The van der Waals surface area contributed by atoms with Gasteiger partial charge in [-0.2, -0.15) is 0 Å². The summed E-state index contributed by atoms with van der Waals surface area (Å²) in [7, 11) is 0. The maximum atomic E-state index is 6.20. The summed E-state index contributed by atoms with van der Waals surface area (Å²) in [5.74, 6) is 1.26. The molecule has 2 saturated heterocycles. The van der Waals surface area contributed by atoms with E-state index < -0.39 is 0 Å². The normalized spacial score (nSPS) is 28.4.